The van der Waals surface area contributed by atoms with Crippen LogP contribution in [0.1, 0.15) is 45.1 Å². The number of anilines is 2. The second-order valence-corrected chi connectivity index (χ2v) is 8.58. The maximum atomic E-state index is 11.3. The molecule has 1 unspecified atom stereocenters. The predicted octanol–water partition coefficient (Wildman–Crippen LogP) is 3.75. The van der Waals surface area contributed by atoms with E-state index in [4.69, 9.17) is 0 Å². The summed E-state index contributed by atoms with van der Waals surface area (Å²) in [6.45, 7) is 6.55. The highest BCUT2D eigenvalue weighted by Crippen LogP contribution is 2.37. The Morgan fingerprint density at radius 2 is 1.95 bits per heavy atom. The summed E-state index contributed by atoms with van der Waals surface area (Å²) in [5.74, 6) is 0. The van der Waals surface area contributed by atoms with Crippen molar-refractivity contribution in [2.45, 2.75) is 52.5 Å². The molecule has 0 aliphatic heterocycles. The molecule has 1 aromatic carbocycles. The van der Waals surface area contributed by atoms with E-state index in [2.05, 4.69) is 23.9 Å². The van der Waals surface area contributed by atoms with Crippen LogP contribution in [0.15, 0.2) is 18.2 Å². The van der Waals surface area contributed by atoms with Crippen LogP contribution in [0.5, 0.6) is 0 Å². The maximum absolute atomic E-state index is 11.3. The van der Waals surface area contributed by atoms with Crippen molar-refractivity contribution in [2.24, 2.45) is 5.41 Å². The van der Waals surface area contributed by atoms with Crippen LogP contribution in [-0.4, -0.2) is 20.7 Å². The minimum atomic E-state index is -3.23. The molecule has 118 valence electrons. The van der Waals surface area contributed by atoms with Crippen molar-refractivity contribution in [1.82, 2.24) is 0 Å². The third kappa shape index (κ3) is 4.37. The first-order valence-corrected chi connectivity index (χ1v) is 9.41. The quantitative estimate of drug-likeness (QED) is 0.890. The normalized spacial score (nSPS) is 21.8. The molecule has 2 N–H and O–H groups in total. The van der Waals surface area contributed by atoms with Gasteiger partial charge in [-0.05, 0) is 48.9 Å². The first kappa shape index (κ1) is 16.1. The minimum absolute atomic E-state index is 0.301. The summed E-state index contributed by atoms with van der Waals surface area (Å²) in [7, 11) is -3.23. The van der Waals surface area contributed by atoms with E-state index in [-0.39, 0.29) is 0 Å². The highest BCUT2D eigenvalue weighted by molar-refractivity contribution is 7.92. The van der Waals surface area contributed by atoms with Crippen LogP contribution in [0.25, 0.3) is 0 Å². The summed E-state index contributed by atoms with van der Waals surface area (Å²) < 4.78 is 25.2. The number of rotatable bonds is 4. The molecule has 1 aliphatic rings. The Labute approximate surface area is 128 Å². The fourth-order valence-corrected chi connectivity index (χ4v) is 3.66. The van der Waals surface area contributed by atoms with Crippen molar-refractivity contribution in [3.05, 3.63) is 23.8 Å². The van der Waals surface area contributed by atoms with Gasteiger partial charge in [-0.15, -0.1) is 0 Å². The lowest BCUT2D eigenvalue weighted by atomic mass is 9.73. The molecule has 1 saturated carbocycles. The van der Waals surface area contributed by atoms with Gasteiger partial charge in [0.15, 0.2) is 0 Å². The zero-order chi connectivity index (χ0) is 15.7. The molecule has 0 amide bonds. The van der Waals surface area contributed by atoms with Crippen LogP contribution < -0.4 is 10.0 Å². The van der Waals surface area contributed by atoms with Crippen molar-refractivity contribution in [2.75, 3.05) is 16.3 Å². The fraction of sp³-hybridized carbons (Fsp3) is 0.625. The number of aryl methyl sites for hydroxylation is 1. The fourth-order valence-electron chi connectivity index (χ4n) is 3.03. The zero-order valence-corrected chi connectivity index (χ0v) is 14.2. The number of nitrogens with one attached hydrogen (secondary N) is 2. The molecule has 0 saturated heterocycles. The van der Waals surface area contributed by atoms with E-state index in [9.17, 15) is 8.42 Å². The monoisotopic (exact) mass is 310 g/mol. The molecule has 0 aromatic heterocycles. The first-order chi connectivity index (χ1) is 9.67. The van der Waals surface area contributed by atoms with E-state index in [0.29, 0.717) is 17.1 Å². The van der Waals surface area contributed by atoms with Crippen molar-refractivity contribution in [3.8, 4) is 0 Å². The minimum Gasteiger partial charge on any atom is -0.382 e. The van der Waals surface area contributed by atoms with E-state index in [1.54, 1.807) is 0 Å². The summed E-state index contributed by atoms with van der Waals surface area (Å²) >= 11 is 0. The maximum Gasteiger partial charge on any atom is 0.229 e. The van der Waals surface area contributed by atoms with E-state index in [0.717, 1.165) is 11.3 Å². The SMILES string of the molecule is Cc1cc(NC2CCCCC2(C)C)ccc1NS(C)(=O)=O. The summed E-state index contributed by atoms with van der Waals surface area (Å²) in [6.07, 6.45) is 6.19. The molecule has 4 nitrogen and oxygen atoms in total. The molecule has 2 rings (SSSR count). The van der Waals surface area contributed by atoms with Crippen LogP contribution in [0.3, 0.4) is 0 Å². The molecular weight excluding hydrogens is 284 g/mol. The molecule has 0 bridgehead atoms. The number of hydrogen-bond acceptors (Lipinski definition) is 3. The summed E-state index contributed by atoms with van der Waals surface area (Å²) in [4.78, 5) is 0. The van der Waals surface area contributed by atoms with Crippen molar-refractivity contribution in [3.63, 3.8) is 0 Å². The zero-order valence-electron chi connectivity index (χ0n) is 13.4. The third-order valence-electron chi connectivity index (χ3n) is 4.37. The Morgan fingerprint density at radius 1 is 1.24 bits per heavy atom. The molecule has 1 fully saturated rings. The van der Waals surface area contributed by atoms with Crippen molar-refractivity contribution in [1.29, 1.82) is 0 Å². The molecule has 1 atom stereocenters. The van der Waals surface area contributed by atoms with Gasteiger partial charge in [0.05, 0.1) is 11.9 Å². The van der Waals surface area contributed by atoms with Gasteiger partial charge in [-0.1, -0.05) is 26.7 Å². The van der Waals surface area contributed by atoms with Gasteiger partial charge in [-0.3, -0.25) is 4.72 Å². The van der Waals surface area contributed by atoms with Crippen LogP contribution in [0.2, 0.25) is 0 Å². The second-order valence-electron chi connectivity index (χ2n) is 6.84. The number of benzene rings is 1. The second kappa shape index (κ2) is 5.87. The van der Waals surface area contributed by atoms with E-state index >= 15 is 0 Å². The first-order valence-electron chi connectivity index (χ1n) is 7.52. The third-order valence-corrected chi connectivity index (χ3v) is 4.96. The average Bonchev–Trinajstić information content (AvgIpc) is 2.34. The summed E-state index contributed by atoms with van der Waals surface area (Å²) in [6, 6.07) is 6.26. The molecule has 5 heteroatoms. The van der Waals surface area contributed by atoms with Crippen molar-refractivity contribution < 1.29 is 8.42 Å². The lowest BCUT2D eigenvalue weighted by Crippen LogP contribution is -2.38. The van der Waals surface area contributed by atoms with Gasteiger partial charge < -0.3 is 5.32 Å². The number of sulfonamides is 1. The Hall–Kier alpha value is -1.23. The van der Waals surface area contributed by atoms with Crippen LogP contribution in [0.4, 0.5) is 11.4 Å². The Kier molecular flexibility index (Phi) is 4.51. The molecule has 1 aromatic rings. The average molecular weight is 310 g/mol. The highest BCUT2D eigenvalue weighted by atomic mass is 32.2. The van der Waals surface area contributed by atoms with Gasteiger partial charge in [0.25, 0.3) is 0 Å². The summed E-state index contributed by atoms with van der Waals surface area (Å²) in [5, 5.41) is 3.62. The molecule has 0 heterocycles. The highest BCUT2D eigenvalue weighted by Gasteiger charge is 2.31. The topological polar surface area (TPSA) is 58.2 Å². The Balaban J connectivity index is 2.13. The number of hydrogen-bond donors (Lipinski definition) is 2. The standard InChI is InChI=1S/C16H26N2O2S/c1-12-11-13(8-9-14(12)18-21(4,19)20)17-15-7-5-6-10-16(15,2)3/h8-9,11,15,17-18H,5-7,10H2,1-4H3. The summed E-state index contributed by atoms with van der Waals surface area (Å²) in [5.41, 5.74) is 2.94. The largest absolute Gasteiger partial charge is 0.382 e. The van der Waals surface area contributed by atoms with Gasteiger partial charge >= 0.3 is 0 Å². The molecule has 0 spiro atoms. The van der Waals surface area contributed by atoms with E-state index in [1.165, 1.54) is 31.9 Å². The van der Waals surface area contributed by atoms with Gasteiger partial charge in [-0.25, -0.2) is 8.42 Å². The van der Waals surface area contributed by atoms with E-state index in [1.807, 2.05) is 25.1 Å². The van der Waals surface area contributed by atoms with Crippen LogP contribution in [0, 0.1) is 12.3 Å². The van der Waals surface area contributed by atoms with Gasteiger partial charge in [0.2, 0.25) is 10.0 Å². The van der Waals surface area contributed by atoms with Crippen LogP contribution in [-0.2, 0) is 10.0 Å². The smallest absolute Gasteiger partial charge is 0.229 e. The lowest BCUT2D eigenvalue weighted by molar-refractivity contribution is 0.217. The molecule has 0 radical (unpaired) electrons. The van der Waals surface area contributed by atoms with E-state index < -0.39 is 10.0 Å². The molecule has 1 aliphatic carbocycles. The lowest BCUT2D eigenvalue weighted by Gasteiger charge is -2.39. The Bertz CT molecular complexity index is 609. The van der Waals surface area contributed by atoms with Gasteiger partial charge in [-0.2, -0.15) is 0 Å². The predicted molar refractivity (Wildman–Crippen MR) is 89.3 cm³/mol. The van der Waals surface area contributed by atoms with Gasteiger partial charge in [0.1, 0.15) is 0 Å². The van der Waals surface area contributed by atoms with Crippen LogP contribution >= 0.6 is 0 Å². The Morgan fingerprint density at radius 3 is 2.52 bits per heavy atom. The molecular formula is C16H26N2O2S. The van der Waals surface area contributed by atoms with Crippen molar-refractivity contribution >= 4 is 21.4 Å². The van der Waals surface area contributed by atoms with Gasteiger partial charge in [0, 0.05) is 11.7 Å². The molecule has 21 heavy (non-hydrogen) atoms.